The second kappa shape index (κ2) is 8.09. The van der Waals surface area contributed by atoms with Crippen molar-refractivity contribution in [3.63, 3.8) is 0 Å². The van der Waals surface area contributed by atoms with Crippen molar-refractivity contribution in [2.75, 3.05) is 4.90 Å². The molecule has 1 aliphatic rings. The van der Waals surface area contributed by atoms with Gasteiger partial charge in [0.1, 0.15) is 11.4 Å². The van der Waals surface area contributed by atoms with Crippen LogP contribution in [0.4, 0.5) is 10.1 Å². The van der Waals surface area contributed by atoms with E-state index >= 15 is 0 Å². The van der Waals surface area contributed by atoms with Crippen LogP contribution >= 0.6 is 23.8 Å². The summed E-state index contributed by atoms with van der Waals surface area (Å²) in [6, 6.07) is 15.0. The van der Waals surface area contributed by atoms with Gasteiger partial charge >= 0.3 is 0 Å². The van der Waals surface area contributed by atoms with Crippen LogP contribution in [0, 0.1) is 19.7 Å². The standard InChI is InChI=1S/C23H17ClFN3O2S/c1-13-11-15(14(2)27(13)17-9-7-16(24)8-10-17)12-18-21(29)26-23(31)28(22(18)30)20-6-4-3-5-19(20)25/h3-12H,1-2H3,(H,26,29,31)/b18-12-. The van der Waals surface area contributed by atoms with Crippen molar-refractivity contribution in [1.82, 2.24) is 9.88 Å². The van der Waals surface area contributed by atoms with E-state index in [-0.39, 0.29) is 16.4 Å². The summed E-state index contributed by atoms with van der Waals surface area (Å²) in [7, 11) is 0. The van der Waals surface area contributed by atoms with E-state index in [9.17, 15) is 14.0 Å². The molecule has 0 radical (unpaired) electrons. The van der Waals surface area contributed by atoms with Gasteiger partial charge < -0.3 is 4.57 Å². The van der Waals surface area contributed by atoms with Gasteiger partial charge in [0, 0.05) is 22.1 Å². The van der Waals surface area contributed by atoms with Gasteiger partial charge in [-0.3, -0.25) is 14.9 Å². The zero-order valence-electron chi connectivity index (χ0n) is 16.6. The summed E-state index contributed by atoms with van der Waals surface area (Å²) in [5.41, 5.74) is 3.18. The van der Waals surface area contributed by atoms with E-state index in [4.69, 9.17) is 23.8 Å². The molecule has 5 nitrogen and oxygen atoms in total. The lowest BCUT2D eigenvalue weighted by Crippen LogP contribution is -2.54. The van der Waals surface area contributed by atoms with Crippen LogP contribution in [-0.4, -0.2) is 21.5 Å². The van der Waals surface area contributed by atoms with Gasteiger partial charge in [-0.25, -0.2) is 9.29 Å². The van der Waals surface area contributed by atoms with Crippen molar-refractivity contribution in [2.24, 2.45) is 0 Å². The molecule has 1 N–H and O–H groups in total. The van der Waals surface area contributed by atoms with Crippen LogP contribution in [0.1, 0.15) is 17.0 Å². The van der Waals surface area contributed by atoms with Crippen molar-refractivity contribution >= 4 is 52.5 Å². The minimum Gasteiger partial charge on any atom is -0.318 e. The Morgan fingerprint density at radius 3 is 2.42 bits per heavy atom. The molecule has 1 aliphatic heterocycles. The first-order valence-electron chi connectivity index (χ1n) is 9.39. The minimum absolute atomic E-state index is 0.0185. The summed E-state index contributed by atoms with van der Waals surface area (Å²) < 4.78 is 16.3. The lowest BCUT2D eigenvalue weighted by molar-refractivity contribution is -0.122. The molecule has 0 spiro atoms. The van der Waals surface area contributed by atoms with Gasteiger partial charge in [-0.2, -0.15) is 0 Å². The molecule has 1 aromatic heterocycles. The van der Waals surface area contributed by atoms with Crippen molar-refractivity contribution in [1.29, 1.82) is 0 Å². The summed E-state index contributed by atoms with van der Waals surface area (Å²) in [6.45, 7) is 3.81. The topological polar surface area (TPSA) is 54.3 Å². The second-order valence-electron chi connectivity index (χ2n) is 7.05. The van der Waals surface area contributed by atoms with E-state index in [1.54, 1.807) is 18.2 Å². The molecular weight excluding hydrogens is 437 g/mol. The third kappa shape index (κ3) is 3.78. The maximum atomic E-state index is 14.3. The van der Waals surface area contributed by atoms with Gasteiger partial charge in [-0.15, -0.1) is 0 Å². The first-order valence-corrected chi connectivity index (χ1v) is 10.2. The SMILES string of the molecule is Cc1cc(/C=C2/C(=O)NC(=S)N(c3ccccc3F)C2=O)c(C)n1-c1ccc(Cl)cc1. The van der Waals surface area contributed by atoms with Crippen LogP contribution in [0.15, 0.2) is 60.2 Å². The third-order valence-electron chi connectivity index (χ3n) is 5.05. The molecule has 0 unspecified atom stereocenters. The van der Waals surface area contributed by atoms with E-state index in [0.29, 0.717) is 10.6 Å². The second-order valence-corrected chi connectivity index (χ2v) is 7.87. The summed E-state index contributed by atoms with van der Waals surface area (Å²) in [5, 5.41) is 2.94. The normalized spacial score (nSPS) is 15.5. The van der Waals surface area contributed by atoms with Crippen molar-refractivity contribution in [3.05, 3.63) is 88.0 Å². The lowest BCUT2D eigenvalue weighted by atomic mass is 10.1. The Morgan fingerprint density at radius 1 is 1.06 bits per heavy atom. The summed E-state index contributed by atoms with van der Waals surface area (Å²) >= 11 is 11.1. The molecule has 4 rings (SSSR count). The Bertz CT molecular complexity index is 1260. The molecular formula is C23H17ClFN3O2S. The predicted molar refractivity (Wildman–Crippen MR) is 123 cm³/mol. The minimum atomic E-state index is -0.685. The van der Waals surface area contributed by atoms with Crippen LogP contribution < -0.4 is 10.2 Å². The molecule has 156 valence electrons. The van der Waals surface area contributed by atoms with Crippen LogP contribution in [-0.2, 0) is 9.59 Å². The van der Waals surface area contributed by atoms with E-state index in [2.05, 4.69) is 5.32 Å². The van der Waals surface area contributed by atoms with Gasteiger partial charge in [-0.1, -0.05) is 23.7 Å². The molecule has 2 aromatic carbocycles. The zero-order valence-corrected chi connectivity index (χ0v) is 18.2. The van der Waals surface area contributed by atoms with Crippen molar-refractivity contribution in [2.45, 2.75) is 13.8 Å². The Balaban J connectivity index is 1.77. The quantitative estimate of drug-likeness (QED) is 0.355. The number of aromatic nitrogens is 1. The van der Waals surface area contributed by atoms with E-state index in [1.807, 2.05) is 36.6 Å². The fourth-order valence-corrected chi connectivity index (χ4v) is 3.99. The van der Waals surface area contributed by atoms with Crippen LogP contribution in [0.5, 0.6) is 0 Å². The predicted octanol–water partition coefficient (Wildman–Crippen LogP) is 4.72. The number of nitrogens with zero attached hydrogens (tertiary/aromatic N) is 2. The molecule has 0 atom stereocenters. The molecule has 0 bridgehead atoms. The third-order valence-corrected chi connectivity index (χ3v) is 5.59. The van der Waals surface area contributed by atoms with Gasteiger partial charge in [0.2, 0.25) is 0 Å². The largest absolute Gasteiger partial charge is 0.318 e. The fourth-order valence-electron chi connectivity index (χ4n) is 3.59. The highest BCUT2D eigenvalue weighted by Crippen LogP contribution is 2.27. The fraction of sp³-hybridized carbons (Fsp3) is 0.0870. The molecule has 3 aromatic rings. The highest BCUT2D eigenvalue weighted by atomic mass is 35.5. The molecule has 31 heavy (non-hydrogen) atoms. The number of hydrogen-bond donors (Lipinski definition) is 1. The van der Waals surface area contributed by atoms with Gasteiger partial charge in [-0.05, 0) is 80.2 Å². The van der Waals surface area contributed by atoms with Gasteiger partial charge in [0.25, 0.3) is 11.8 Å². The smallest absolute Gasteiger partial charge is 0.270 e. The first kappa shape index (κ1) is 21.0. The number of nitrogens with one attached hydrogen (secondary N) is 1. The lowest BCUT2D eigenvalue weighted by Gasteiger charge is -2.29. The number of para-hydroxylation sites is 1. The average Bonchev–Trinajstić information content (AvgIpc) is 3.00. The van der Waals surface area contributed by atoms with E-state index in [0.717, 1.165) is 22.0 Å². The number of aryl methyl sites for hydroxylation is 1. The molecule has 2 amide bonds. The number of benzene rings is 2. The Labute approximate surface area is 188 Å². The molecule has 1 saturated heterocycles. The molecule has 0 aliphatic carbocycles. The molecule has 0 saturated carbocycles. The zero-order chi connectivity index (χ0) is 22.3. The number of thiocarbonyl (C=S) groups is 1. The van der Waals surface area contributed by atoms with E-state index < -0.39 is 17.6 Å². The first-order chi connectivity index (χ1) is 14.8. The number of amides is 2. The van der Waals surface area contributed by atoms with Crippen LogP contribution in [0.25, 0.3) is 11.8 Å². The molecule has 2 heterocycles. The van der Waals surface area contributed by atoms with Crippen molar-refractivity contribution < 1.29 is 14.0 Å². The monoisotopic (exact) mass is 453 g/mol. The van der Waals surface area contributed by atoms with E-state index in [1.165, 1.54) is 24.3 Å². The number of carbonyl (C=O) groups is 2. The van der Waals surface area contributed by atoms with Crippen molar-refractivity contribution in [3.8, 4) is 5.69 Å². The molecule has 8 heteroatoms. The van der Waals surface area contributed by atoms with Crippen LogP contribution in [0.3, 0.4) is 0 Å². The Hall–Kier alpha value is -3.29. The maximum absolute atomic E-state index is 14.3. The maximum Gasteiger partial charge on any atom is 0.270 e. The highest BCUT2D eigenvalue weighted by molar-refractivity contribution is 7.80. The molecule has 1 fully saturated rings. The summed E-state index contributed by atoms with van der Waals surface area (Å²) in [6.07, 6.45) is 1.50. The number of rotatable bonds is 3. The number of anilines is 1. The summed E-state index contributed by atoms with van der Waals surface area (Å²) in [4.78, 5) is 26.7. The summed E-state index contributed by atoms with van der Waals surface area (Å²) in [5.74, 6) is -1.93. The number of halogens is 2. The van der Waals surface area contributed by atoms with Gasteiger partial charge in [0.15, 0.2) is 5.11 Å². The highest BCUT2D eigenvalue weighted by Gasteiger charge is 2.35. The van der Waals surface area contributed by atoms with Gasteiger partial charge in [0.05, 0.1) is 5.69 Å². The Kier molecular flexibility index (Phi) is 5.47. The number of carbonyl (C=O) groups excluding carboxylic acids is 2. The van der Waals surface area contributed by atoms with Crippen LogP contribution in [0.2, 0.25) is 5.02 Å². The number of hydrogen-bond acceptors (Lipinski definition) is 3. The Morgan fingerprint density at radius 2 is 1.74 bits per heavy atom. The average molecular weight is 454 g/mol.